The minimum atomic E-state index is -0.955. The van der Waals surface area contributed by atoms with E-state index in [2.05, 4.69) is 15.3 Å². The summed E-state index contributed by atoms with van der Waals surface area (Å²) in [6.07, 6.45) is 2.18. The Balaban J connectivity index is 1.48. The molecule has 1 atom stereocenters. The molecule has 3 aromatic carbocycles. The molecular formula is C22H17N3O3. The van der Waals surface area contributed by atoms with E-state index in [9.17, 15) is 9.59 Å². The summed E-state index contributed by atoms with van der Waals surface area (Å²) in [7, 11) is 0. The average Bonchev–Trinajstić information content (AvgIpc) is 2.73. The number of fused-ring (bicyclic) bond motifs is 2. The summed E-state index contributed by atoms with van der Waals surface area (Å²) in [6.45, 7) is 1.54. The number of ether oxygens (including phenoxy) is 1. The number of carbonyl (C=O) groups is 2. The maximum atomic E-state index is 12.5. The van der Waals surface area contributed by atoms with Crippen molar-refractivity contribution in [3.05, 3.63) is 78.6 Å². The van der Waals surface area contributed by atoms with Gasteiger partial charge >= 0.3 is 5.97 Å². The van der Waals surface area contributed by atoms with E-state index in [-0.39, 0.29) is 0 Å². The number of nitrogens with zero attached hydrogens (tertiary/aromatic N) is 2. The zero-order valence-electron chi connectivity index (χ0n) is 15.1. The summed E-state index contributed by atoms with van der Waals surface area (Å²) in [5, 5.41) is 4.77. The molecule has 4 rings (SSSR count). The van der Waals surface area contributed by atoms with E-state index < -0.39 is 18.0 Å². The van der Waals surface area contributed by atoms with Crippen molar-refractivity contribution in [1.29, 1.82) is 0 Å². The highest BCUT2D eigenvalue weighted by atomic mass is 16.5. The third kappa shape index (κ3) is 3.53. The Hall–Kier alpha value is -3.80. The van der Waals surface area contributed by atoms with Gasteiger partial charge in [0.1, 0.15) is 0 Å². The number of benzene rings is 3. The number of amides is 1. The van der Waals surface area contributed by atoms with Gasteiger partial charge in [-0.2, -0.15) is 0 Å². The molecule has 6 nitrogen and oxygen atoms in total. The Kier molecular flexibility index (Phi) is 4.68. The van der Waals surface area contributed by atoms with Gasteiger partial charge in [0.05, 0.1) is 16.6 Å². The lowest BCUT2D eigenvalue weighted by atomic mass is 10.1. The van der Waals surface area contributed by atoms with Crippen LogP contribution in [-0.2, 0) is 9.53 Å². The van der Waals surface area contributed by atoms with E-state index in [1.807, 2.05) is 42.5 Å². The monoisotopic (exact) mass is 371 g/mol. The molecule has 1 amide bonds. The van der Waals surface area contributed by atoms with Gasteiger partial charge in [0, 0.05) is 23.5 Å². The van der Waals surface area contributed by atoms with Crippen LogP contribution in [0.3, 0.4) is 0 Å². The molecule has 0 unspecified atom stereocenters. The molecule has 1 aromatic heterocycles. The van der Waals surface area contributed by atoms with Gasteiger partial charge in [0.25, 0.3) is 5.91 Å². The Morgan fingerprint density at radius 3 is 2.54 bits per heavy atom. The second-order valence-electron chi connectivity index (χ2n) is 6.32. The molecule has 0 aliphatic carbocycles. The zero-order chi connectivity index (χ0) is 19.5. The first kappa shape index (κ1) is 17.6. The molecule has 138 valence electrons. The van der Waals surface area contributed by atoms with Gasteiger partial charge in [0.2, 0.25) is 0 Å². The Morgan fingerprint density at radius 2 is 1.68 bits per heavy atom. The van der Waals surface area contributed by atoms with Crippen LogP contribution in [0.2, 0.25) is 0 Å². The van der Waals surface area contributed by atoms with Gasteiger partial charge in [-0.25, -0.2) is 4.79 Å². The SMILES string of the molecule is C[C@H](OC(=O)c1ccc2nccnc2c1)C(=O)Nc1cccc2ccccc12. The number of nitrogens with one attached hydrogen (secondary N) is 1. The zero-order valence-corrected chi connectivity index (χ0v) is 15.1. The van der Waals surface area contributed by atoms with Crippen LogP contribution in [0.5, 0.6) is 0 Å². The molecule has 0 saturated heterocycles. The molecule has 0 aliphatic rings. The van der Waals surface area contributed by atoms with E-state index >= 15 is 0 Å². The third-order valence-electron chi connectivity index (χ3n) is 4.41. The first-order valence-corrected chi connectivity index (χ1v) is 8.82. The topological polar surface area (TPSA) is 81.2 Å². The largest absolute Gasteiger partial charge is 0.449 e. The van der Waals surface area contributed by atoms with Crippen molar-refractivity contribution in [2.75, 3.05) is 5.32 Å². The number of aromatic nitrogens is 2. The van der Waals surface area contributed by atoms with E-state index in [1.165, 1.54) is 0 Å². The molecule has 0 bridgehead atoms. The van der Waals surface area contributed by atoms with E-state index in [4.69, 9.17) is 4.74 Å². The summed E-state index contributed by atoms with van der Waals surface area (Å²) in [4.78, 5) is 33.3. The van der Waals surface area contributed by atoms with Gasteiger partial charge in [-0.15, -0.1) is 0 Å². The second kappa shape index (κ2) is 7.44. The maximum Gasteiger partial charge on any atom is 0.338 e. The predicted molar refractivity (Wildman–Crippen MR) is 107 cm³/mol. The van der Waals surface area contributed by atoms with Gasteiger partial charge in [-0.05, 0) is 36.6 Å². The van der Waals surface area contributed by atoms with Crippen LogP contribution in [0.25, 0.3) is 21.8 Å². The van der Waals surface area contributed by atoms with Crippen molar-refractivity contribution in [2.24, 2.45) is 0 Å². The van der Waals surface area contributed by atoms with E-state index in [0.29, 0.717) is 22.3 Å². The van der Waals surface area contributed by atoms with Crippen molar-refractivity contribution in [3.8, 4) is 0 Å². The lowest BCUT2D eigenvalue weighted by molar-refractivity contribution is -0.123. The van der Waals surface area contributed by atoms with Crippen LogP contribution in [0.1, 0.15) is 17.3 Å². The molecule has 0 radical (unpaired) electrons. The lowest BCUT2D eigenvalue weighted by Crippen LogP contribution is -2.30. The van der Waals surface area contributed by atoms with Crippen molar-refractivity contribution < 1.29 is 14.3 Å². The lowest BCUT2D eigenvalue weighted by Gasteiger charge is -2.15. The highest BCUT2D eigenvalue weighted by Crippen LogP contribution is 2.23. The molecule has 0 spiro atoms. The van der Waals surface area contributed by atoms with Crippen LogP contribution in [-0.4, -0.2) is 27.9 Å². The fourth-order valence-corrected chi connectivity index (χ4v) is 2.94. The third-order valence-corrected chi connectivity index (χ3v) is 4.41. The summed E-state index contributed by atoms with van der Waals surface area (Å²) in [5.41, 5.74) is 2.26. The number of hydrogen-bond donors (Lipinski definition) is 1. The van der Waals surface area contributed by atoms with Crippen LogP contribution in [0.15, 0.2) is 73.1 Å². The smallest absolute Gasteiger partial charge is 0.338 e. The highest BCUT2D eigenvalue weighted by Gasteiger charge is 2.20. The van der Waals surface area contributed by atoms with Gasteiger partial charge in [-0.3, -0.25) is 14.8 Å². The molecule has 0 saturated carbocycles. The number of esters is 1. The van der Waals surface area contributed by atoms with Crippen molar-refractivity contribution in [3.63, 3.8) is 0 Å². The second-order valence-corrected chi connectivity index (χ2v) is 6.32. The Labute approximate surface area is 161 Å². The molecule has 1 N–H and O–H groups in total. The van der Waals surface area contributed by atoms with E-state index in [1.54, 1.807) is 37.5 Å². The quantitative estimate of drug-likeness (QED) is 0.549. The van der Waals surface area contributed by atoms with Crippen LogP contribution < -0.4 is 5.32 Å². The van der Waals surface area contributed by atoms with E-state index in [0.717, 1.165) is 10.8 Å². The number of hydrogen-bond acceptors (Lipinski definition) is 5. The standard InChI is InChI=1S/C22H17N3O3/c1-14(21(26)25-18-8-4-6-15-5-2-3-7-17(15)18)28-22(27)16-9-10-19-20(13-16)24-12-11-23-19/h2-14H,1H3,(H,25,26)/t14-/m0/s1. The average molecular weight is 371 g/mol. The Morgan fingerprint density at radius 1 is 0.929 bits per heavy atom. The van der Waals surface area contributed by atoms with Crippen molar-refractivity contribution in [1.82, 2.24) is 9.97 Å². The van der Waals surface area contributed by atoms with Crippen LogP contribution in [0.4, 0.5) is 5.69 Å². The van der Waals surface area contributed by atoms with Crippen LogP contribution in [0, 0.1) is 0 Å². The normalized spacial score (nSPS) is 11.9. The summed E-state index contributed by atoms with van der Waals surface area (Å²) in [5.74, 6) is -0.988. The minimum Gasteiger partial charge on any atom is -0.449 e. The van der Waals surface area contributed by atoms with Crippen LogP contribution >= 0.6 is 0 Å². The molecule has 0 fully saturated rings. The van der Waals surface area contributed by atoms with Gasteiger partial charge in [0.15, 0.2) is 6.10 Å². The highest BCUT2D eigenvalue weighted by molar-refractivity contribution is 6.04. The molecular weight excluding hydrogens is 354 g/mol. The first-order chi connectivity index (χ1) is 13.6. The molecule has 6 heteroatoms. The van der Waals surface area contributed by atoms with Gasteiger partial charge < -0.3 is 10.1 Å². The van der Waals surface area contributed by atoms with Crippen molar-refractivity contribution in [2.45, 2.75) is 13.0 Å². The molecule has 1 heterocycles. The maximum absolute atomic E-state index is 12.5. The number of rotatable bonds is 4. The fraction of sp³-hybridized carbons (Fsp3) is 0.0909. The Bertz CT molecular complexity index is 1180. The fourth-order valence-electron chi connectivity index (χ4n) is 2.94. The predicted octanol–water partition coefficient (Wildman–Crippen LogP) is 3.97. The number of anilines is 1. The summed E-state index contributed by atoms with van der Waals surface area (Å²) >= 11 is 0. The summed E-state index contributed by atoms with van der Waals surface area (Å²) < 4.78 is 5.33. The number of carbonyl (C=O) groups excluding carboxylic acids is 2. The minimum absolute atomic E-state index is 0.317. The van der Waals surface area contributed by atoms with Crippen molar-refractivity contribution >= 4 is 39.4 Å². The molecule has 0 aliphatic heterocycles. The molecule has 28 heavy (non-hydrogen) atoms. The first-order valence-electron chi connectivity index (χ1n) is 8.82. The summed E-state index contributed by atoms with van der Waals surface area (Å²) in [6, 6.07) is 18.3. The van der Waals surface area contributed by atoms with Gasteiger partial charge in [-0.1, -0.05) is 36.4 Å². The molecule has 4 aromatic rings.